The molecule has 1 aromatic heterocycles. The van der Waals surface area contributed by atoms with Crippen molar-refractivity contribution in [1.82, 2.24) is 4.57 Å². The van der Waals surface area contributed by atoms with Gasteiger partial charge in [0.2, 0.25) is 0 Å². The third-order valence-electron chi connectivity index (χ3n) is 3.68. The third-order valence-corrected chi connectivity index (χ3v) is 3.98. The van der Waals surface area contributed by atoms with E-state index in [-0.39, 0.29) is 18.1 Å². The van der Waals surface area contributed by atoms with Crippen molar-refractivity contribution in [3.8, 4) is 5.75 Å². The second-order valence-electron chi connectivity index (χ2n) is 5.77. The molecule has 0 aliphatic carbocycles. The zero-order chi connectivity index (χ0) is 17.4. The molecule has 0 unspecified atom stereocenters. The first kappa shape index (κ1) is 16.3. The summed E-state index contributed by atoms with van der Waals surface area (Å²) in [7, 11) is 0. The van der Waals surface area contributed by atoms with Gasteiger partial charge >= 0.3 is 5.97 Å². The van der Waals surface area contributed by atoms with E-state index in [9.17, 15) is 14.7 Å². The smallest absolute Gasteiger partial charge is 0.323 e. The normalized spacial score (nSPS) is 11.3. The van der Waals surface area contributed by atoms with Crippen LogP contribution in [0.2, 0.25) is 5.02 Å². The molecule has 0 fully saturated rings. The molecule has 0 amide bonds. The van der Waals surface area contributed by atoms with Gasteiger partial charge in [-0.3, -0.25) is 9.59 Å². The summed E-state index contributed by atoms with van der Waals surface area (Å²) in [5, 5.41) is 10.5. The van der Waals surface area contributed by atoms with Crippen molar-refractivity contribution >= 4 is 39.4 Å². The highest BCUT2D eigenvalue weighted by Crippen LogP contribution is 2.35. The minimum Gasteiger partial charge on any atom is -0.487 e. The Balaban J connectivity index is 2.55. The molecule has 0 aliphatic heterocycles. The molecular formula is C18H16ClNO4. The van der Waals surface area contributed by atoms with E-state index in [2.05, 4.69) is 0 Å². The summed E-state index contributed by atoms with van der Waals surface area (Å²) in [5.74, 6) is -0.686. The summed E-state index contributed by atoms with van der Waals surface area (Å²) < 4.78 is 7.37. The quantitative estimate of drug-likeness (QED) is 0.732. The number of aromatic nitrogens is 1. The predicted molar refractivity (Wildman–Crippen MR) is 94.1 cm³/mol. The van der Waals surface area contributed by atoms with Crippen molar-refractivity contribution < 1.29 is 14.6 Å². The van der Waals surface area contributed by atoms with Crippen LogP contribution in [0.4, 0.5) is 0 Å². The fraction of sp³-hybridized carbons (Fsp3) is 0.222. The number of para-hydroxylation sites is 1. The second-order valence-corrected chi connectivity index (χ2v) is 6.17. The lowest BCUT2D eigenvalue weighted by Crippen LogP contribution is -2.18. The number of carboxylic acid groups (broad SMARTS) is 1. The molecule has 124 valence electrons. The fourth-order valence-electron chi connectivity index (χ4n) is 2.81. The largest absolute Gasteiger partial charge is 0.487 e. The van der Waals surface area contributed by atoms with E-state index < -0.39 is 5.97 Å². The highest BCUT2D eigenvalue weighted by atomic mass is 35.5. The van der Waals surface area contributed by atoms with Crippen LogP contribution in [0.3, 0.4) is 0 Å². The minimum atomic E-state index is -1.01. The summed E-state index contributed by atoms with van der Waals surface area (Å²) in [6.07, 6.45) is -0.173. The van der Waals surface area contributed by atoms with Gasteiger partial charge in [0.1, 0.15) is 6.54 Å². The number of benzene rings is 2. The number of ether oxygens (including phenoxy) is 1. The van der Waals surface area contributed by atoms with Crippen LogP contribution in [0.25, 0.3) is 21.8 Å². The Morgan fingerprint density at radius 2 is 1.92 bits per heavy atom. The van der Waals surface area contributed by atoms with E-state index >= 15 is 0 Å². The van der Waals surface area contributed by atoms with Crippen LogP contribution in [-0.2, 0) is 11.3 Å². The number of nitrogens with zero attached hydrogens (tertiary/aromatic N) is 1. The molecule has 0 atom stereocenters. The topological polar surface area (TPSA) is 68.5 Å². The first-order valence-electron chi connectivity index (χ1n) is 7.52. The number of hydrogen-bond acceptors (Lipinski definition) is 3. The third kappa shape index (κ3) is 2.71. The maximum Gasteiger partial charge on any atom is 0.323 e. The van der Waals surface area contributed by atoms with Gasteiger partial charge in [-0.2, -0.15) is 0 Å². The van der Waals surface area contributed by atoms with Crippen LogP contribution in [0, 0.1) is 0 Å². The van der Waals surface area contributed by atoms with Crippen LogP contribution in [-0.4, -0.2) is 21.7 Å². The van der Waals surface area contributed by atoms with E-state index in [0.29, 0.717) is 32.6 Å². The zero-order valence-electron chi connectivity index (χ0n) is 13.2. The minimum absolute atomic E-state index is 0.173. The number of fused-ring (bicyclic) bond motifs is 2. The van der Waals surface area contributed by atoms with Gasteiger partial charge in [-0.15, -0.1) is 0 Å². The average molecular weight is 346 g/mol. The molecule has 24 heavy (non-hydrogen) atoms. The lowest BCUT2D eigenvalue weighted by molar-refractivity contribution is -0.137. The lowest BCUT2D eigenvalue weighted by Gasteiger charge is -2.19. The molecule has 3 rings (SSSR count). The Bertz CT molecular complexity index is 1010. The van der Waals surface area contributed by atoms with Gasteiger partial charge in [-0.05, 0) is 38.1 Å². The Labute approximate surface area is 143 Å². The molecule has 0 radical (unpaired) electrons. The molecule has 0 bridgehead atoms. The van der Waals surface area contributed by atoms with Gasteiger partial charge < -0.3 is 14.4 Å². The summed E-state index contributed by atoms with van der Waals surface area (Å²) in [6, 6.07) is 10.1. The average Bonchev–Trinajstić information content (AvgIpc) is 2.53. The SMILES string of the molecule is CC(C)Oc1c(Cl)ccc2c(=O)c3ccccc3n(CC(=O)O)c12. The lowest BCUT2D eigenvalue weighted by atomic mass is 10.1. The van der Waals surface area contributed by atoms with E-state index in [1.165, 1.54) is 0 Å². The number of hydrogen-bond donors (Lipinski definition) is 1. The number of halogens is 1. The summed E-state index contributed by atoms with van der Waals surface area (Å²) in [6.45, 7) is 3.39. The Morgan fingerprint density at radius 3 is 2.58 bits per heavy atom. The highest BCUT2D eigenvalue weighted by Gasteiger charge is 2.19. The van der Waals surface area contributed by atoms with E-state index in [1.807, 2.05) is 13.8 Å². The molecule has 5 nitrogen and oxygen atoms in total. The zero-order valence-corrected chi connectivity index (χ0v) is 14.0. The van der Waals surface area contributed by atoms with E-state index in [1.54, 1.807) is 41.0 Å². The number of pyridine rings is 1. The summed E-state index contributed by atoms with van der Waals surface area (Å²) in [5.41, 5.74) is 0.767. The van der Waals surface area contributed by atoms with Crippen LogP contribution < -0.4 is 10.2 Å². The van der Waals surface area contributed by atoms with Crippen molar-refractivity contribution in [2.75, 3.05) is 0 Å². The number of carboxylic acids is 1. The van der Waals surface area contributed by atoms with Crippen molar-refractivity contribution in [3.63, 3.8) is 0 Å². The molecule has 0 spiro atoms. The molecule has 2 aromatic carbocycles. The highest BCUT2D eigenvalue weighted by molar-refractivity contribution is 6.33. The Morgan fingerprint density at radius 1 is 1.21 bits per heavy atom. The van der Waals surface area contributed by atoms with Crippen molar-refractivity contribution in [2.24, 2.45) is 0 Å². The predicted octanol–water partition coefficient (Wildman–Crippen LogP) is 3.68. The second kappa shape index (κ2) is 6.17. The van der Waals surface area contributed by atoms with Gasteiger partial charge in [0.05, 0.1) is 27.5 Å². The molecule has 0 saturated carbocycles. The maximum absolute atomic E-state index is 12.8. The Kier molecular flexibility index (Phi) is 4.20. The van der Waals surface area contributed by atoms with Crippen LogP contribution >= 0.6 is 11.6 Å². The first-order valence-corrected chi connectivity index (χ1v) is 7.90. The number of carbonyl (C=O) groups is 1. The van der Waals surface area contributed by atoms with Crippen LogP contribution in [0.15, 0.2) is 41.2 Å². The van der Waals surface area contributed by atoms with Crippen LogP contribution in [0.5, 0.6) is 5.75 Å². The standard InChI is InChI=1S/C18H16ClNO4/c1-10(2)24-18-13(19)8-7-12-16(18)20(9-15(21)22)14-6-4-3-5-11(14)17(12)23/h3-8,10H,9H2,1-2H3,(H,21,22). The molecular weight excluding hydrogens is 330 g/mol. The molecule has 3 aromatic rings. The molecule has 1 N–H and O–H groups in total. The van der Waals surface area contributed by atoms with Gasteiger partial charge in [0.15, 0.2) is 11.2 Å². The summed E-state index contributed by atoms with van der Waals surface area (Å²) in [4.78, 5) is 24.2. The van der Waals surface area contributed by atoms with Crippen molar-refractivity contribution in [1.29, 1.82) is 0 Å². The Hall–Kier alpha value is -2.53. The van der Waals surface area contributed by atoms with Gasteiger partial charge in [0, 0.05) is 5.39 Å². The monoisotopic (exact) mass is 345 g/mol. The van der Waals surface area contributed by atoms with Gasteiger partial charge in [0.25, 0.3) is 0 Å². The van der Waals surface area contributed by atoms with E-state index in [0.717, 1.165) is 0 Å². The van der Waals surface area contributed by atoms with Crippen molar-refractivity contribution in [2.45, 2.75) is 26.5 Å². The maximum atomic E-state index is 12.8. The molecule has 0 aliphatic rings. The number of aliphatic carboxylic acids is 1. The fourth-order valence-corrected chi connectivity index (χ4v) is 3.01. The molecule has 1 heterocycles. The number of rotatable bonds is 4. The van der Waals surface area contributed by atoms with Crippen molar-refractivity contribution in [3.05, 3.63) is 51.6 Å². The summed E-state index contributed by atoms with van der Waals surface area (Å²) >= 11 is 6.27. The molecule has 6 heteroatoms. The molecule has 0 saturated heterocycles. The van der Waals surface area contributed by atoms with E-state index in [4.69, 9.17) is 16.3 Å². The first-order chi connectivity index (χ1) is 11.4. The van der Waals surface area contributed by atoms with Gasteiger partial charge in [-0.25, -0.2) is 0 Å². The van der Waals surface area contributed by atoms with Gasteiger partial charge in [-0.1, -0.05) is 23.7 Å². The van der Waals surface area contributed by atoms with Crippen LogP contribution in [0.1, 0.15) is 13.8 Å².